The van der Waals surface area contributed by atoms with Crippen LogP contribution in [0, 0.1) is 0 Å². The molecule has 3 rings (SSSR count). The summed E-state index contributed by atoms with van der Waals surface area (Å²) >= 11 is 0. The first-order valence-corrected chi connectivity index (χ1v) is 8.10. The Kier molecular flexibility index (Phi) is 5.06. The number of hydrogen-bond donors (Lipinski definition) is 2. The van der Waals surface area contributed by atoms with Crippen molar-refractivity contribution in [2.75, 3.05) is 28.4 Å². The van der Waals surface area contributed by atoms with E-state index in [0.29, 0.717) is 29.4 Å². The third-order valence-corrected chi connectivity index (χ3v) is 4.36. The second-order valence-electron chi connectivity index (χ2n) is 5.79. The molecule has 2 N–H and O–H groups in total. The highest BCUT2D eigenvalue weighted by atomic mass is 16.5. The standard InChI is InChI=1S/C19H22N2O5/c1-23-16-6-5-11(7-15(16)22)13-10-14(21-20-13)12-8-17(24-2)19(26-4)18(9-12)25-3/h5-9,13,20,22H,10H2,1-4H3. The summed E-state index contributed by atoms with van der Waals surface area (Å²) in [7, 11) is 6.26. The average Bonchev–Trinajstić information content (AvgIpc) is 3.16. The molecule has 0 saturated heterocycles. The molecule has 1 heterocycles. The van der Waals surface area contributed by atoms with Gasteiger partial charge in [0, 0.05) is 12.0 Å². The Balaban J connectivity index is 1.85. The lowest BCUT2D eigenvalue weighted by Gasteiger charge is -2.14. The zero-order chi connectivity index (χ0) is 18.7. The van der Waals surface area contributed by atoms with Gasteiger partial charge in [-0.25, -0.2) is 0 Å². The first-order chi connectivity index (χ1) is 12.6. The van der Waals surface area contributed by atoms with E-state index in [1.165, 1.54) is 7.11 Å². The van der Waals surface area contributed by atoms with Crippen LogP contribution in [0.5, 0.6) is 28.7 Å². The molecule has 2 aromatic rings. The van der Waals surface area contributed by atoms with Gasteiger partial charge >= 0.3 is 0 Å². The van der Waals surface area contributed by atoms with E-state index < -0.39 is 0 Å². The number of nitrogens with one attached hydrogen (secondary N) is 1. The first kappa shape index (κ1) is 17.7. The van der Waals surface area contributed by atoms with Crippen molar-refractivity contribution in [3.63, 3.8) is 0 Å². The third kappa shape index (κ3) is 3.20. The second kappa shape index (κ2) is 7.43. The highest BCUT2D eigenvalue weighted by molar-refractivity contribution is 6.02. The maximum absolute atomic E-state index is 9.99. The molecule has 0 aromatic heterocycles. The van der Waals surface area contributed by atoms with Gasteiger partial charge in [0.05, 0.1) is 40.2 Å². The van der Waals surface area contributed by atoms with Crippen LogP contribution in [0.2, 0.25) is 0 Å². The van der Waals surface area contributed by atoms with Crippen molar-refractivity contribution in [3.05, 3.63) is 41.5 Å². The Morgan fingerprint density at radius 3 is 2.12 bits per heavy atom. The van der Waals surface area contributed by atoms with E-state index in [2.05, 4.69) is 10.5 Å². The fourth-order valence-corrected chi connectivity index (χ4v) is 2.99. The van der Waals surface area contributed by atoms with Crippen molar-refractivity contribution in [2.45, 2.75) is 12.5 Å². The maximum Gasteiger partial charge on any atom is 0.203 e. The molecule has 0 fully saturated rings. The number of nitrogens with zero attached hydrogens (tertiary/aromatic N) is 1. The Labute approximate surface area is 152 Å². The topological polar surface area (TPSA) is 81.5 Å². The average molecular weight is 358 g/mol. The summed E-state index contributed by atoms with van der Waals surface area (Å²) in [5.74, 6) is 2.25. The minimum Gasteiger partial charge on any atom is -0.504 e. The highest BCUT2D eigenvalue weighted by Gasteiger charge is 2.24. The van der Waals surface area contributed by atoms with Crippen molar-refractivity contribution >= 4 is 5.71 Å². The van der Waals surface area contributed by atoms with E-state index >= 15 is 0 Å². The number of methoxy groups -OCH3 is 4. The van der Waals surface area contributed by atoms with E-state index in [1.54, 1.807) is 33.5 Å². The molecule has 0 amide bonds. The summed E-state index contributed by atoms with van der Waals surface area (Å²) in [5, 5.41) is 14.4. The van der Waals surface area contributed by atoms with Gasteiger partial charge in [-0.3, -0.25) is 0 Å². The highest BCUT2D eigenvalue weighted by Crippen LogP contribution is 2.39. The molecule has 1 aliphatic rings. The normalized spacial score (nSPS) is 15.8. The predicted molar refractivity (Wildman–Crippen MR) is 97.8 cm³/mol. The van der Waals surface area contributed by atoms with Gasteiger partial charge < -0.3 is 29.5 Å². The van der Waals surface area contributed by atoms with Gasteiger partial charge in [-0.05, 0) is 29.8 Å². The summed E-state index contributed by atoms with van der Waals surface area (Å²) in [5.41, 5.74) is 5.79. The minimum atomic E-state index is -0.0408. The minimum absolute atomic E-state index is 0.0408. The van der Waals surface area contributed by atoms with Crippen LogP contribution in [0.4, 0.5) is 0 Å². The molecule has 1 unspecified atom stereocenters. The number of rotatable bonds is 6. The molecule has 7 nitrogen and oxygen atoms in total. The molecule has 0 aliphatic carbocycles. The molecule has 0 radical (unpaired) electrons. The van der Waals surface area contributed by atoms with Gasteiger partial charge in [0.1, 0.15) is 0 Å². The van der Waals surface area contributed by atoms with Crippen LogP contribution >= 0.6 is 0 Å². The third-order valence-electron chi connectivity index (χ3n) is 4.36. The SMILES string of the molecule is COc1ccc(C2CC(c3cc(OC)c(OC)c(OC)c3)=NN2)cc1O. The van der Waals surface area contributed by atoms with E-state index in [1.807, 2.05) is 18.2 Å². The Bertz CT molecular complexity index is 810. The first-order valence-electron chi connectivity index (χ1n) is 8.10. The van der Waals surface area contributed by atoms with Crippen LogP contribution in [0.3, 0.4) is 0 Å². The molecule has 0 saturated carbocycles. The fourth-order valence-electron chi connectivity index (χ4n) is 2.99. The Hall–Kier alpha value is -3.09. The van der Waals surface area contributed by atoms with Crippen LogP contribution in [-0.4, -0.2) is 39.3 Å². The van der Waals surface area contributed by atoms with E-state index in [4.69, 9.17) is 18.9 Å². The molecule has 1 aliphatic heterocycles. The zero-order valence-electron chi connectivity index (χ0n) is 15.2. The second-order valence-corrected chi connectivity index (χ2v) is 5.79. The monoisotopic (exact) mass is 358 g/mol. The summed E-state index contributed by atoms with van der Waals surface area (Å²) in [4.78, 5) is 0. The van der Waals surface area contributed by atoms with Crippen LogP contribution < -0.4 is 24.4 Å². The molecule has 1 atom stereocenters. The molecule has 0 spiro atoms. The summed E-state index contributed by atoms with van der Waals surface area (Å²) in [6.07, 6.45) is 0.657. The quantitative estimate of drug-likeness (QED) is 0.826. The lowest BCUT2D eigenvalue weighted by Crippen LogP contribution is -2.10. The van der Waals surface area contributed by atoms with Crippen molar-refractivity contribution in [1.29, 1.82) is 0 Å². The number of hydrogen-bond acceptors (Lipinski definition) is 7. The molecule has 26 heavy (non-hydrogen) atoms. The van der Waals surface area contributed by atoms with Gasteiger partial charge in [0.2, 0.25) is 5.75 Å². The predicted octanol–water partition coefficient (Wildman–Crippen LogP) is 2.87. The van der Waals surface area contributed by atoms with Gasteiger partial charge in [-0.15, -0.1) is 0 Å². The van der Waals surface area contributed by atoms with E-state index in [-0.39, 0.29) is 11.8 Å². The fraction of sp³-hybridized carbons (Fsp3) is 0.316. The number of hydrazone groups is 1. The van der Waals surface area contributed by atoms with Gasteiger partial charge in [0.15, 0.2) is 23.0 Å². The largest absolute Gasteiger partial charge is 0.504 e. The van der Waals surface area contributed by atoms with Crippen LogP contribution in [0.25, 0.3) is 0 Å². The van der Waals surface area contributed by atoms with Crippen LogP contribution in [-0.2, 0) is 0 Å². The Morgan fingerprint density at radius 1 is 0.923 bits per heavy atom. The Morgan fingerprint density at radius 2 is 1.58 bits per heavy atom. The number of benzene rings is 2. The van der Waals surface area contributed by atoms with Gasteiger partial charge in [-0.2, -0.15) is 5.10 Å². The maximum atomic E-state index is 9.99. The zero-order valence-corrected chi connectivity index (χ0v) is 15.2. The number of phenolic OH excluding ortho intramolecular Hbond substituents is 1. The summed E-state index contributed by atoms with van der Waals surface area (Å²) < 4.78 is 21.3. The summed E-state index contributed by atoms with van der Waals surface area (Å²) in [6, 6.07) is 9.03. The molecule has 0 bridgehead atoms. The number of aromatic hydroxyl groups is 1. The van der Waals surface area contributed by atoms with E-state index in [9.17, 15) is 5.11 Å². The van der Waals surface area contributed by atoms with Crippen LogP contribution in [0.1, 0.15) is 23.6 Å². The van der Waals surface area contributed by atoms with Crippen molar-refractivity contribution < 1.29 is 24.1 Å². The molecule has 7 heteroatoms. The van der Waals surface area contributed by atoms with Crippen molar-refractivity contribution in [3.8, 4) is 28.7 Å². The molecule has 2 aromatic carbocycles. The van der Waals surface area contributed by atoms with Crippen molar-refractivity contribution in [1.82, 2.24) is 5.43 Å². The number of phenols is 1. The van der Waals surface area contributed by atoms with E-state index in [0.717, 1.165) is 16.8 Å². The smallest absolute Gasteiger partial charge is 0.203 e. The van der Waals surface area contributed by atoms with Crippen LogP contribution in [0.15, 0.2) is 35.4 Å². The molecular weight excluding hydrogens is 336 g/mol. The summed E-state index contributed by atoms with van der Waals surface area (Å²) in [6.45, 7) is 0. The van der Waals surface area contributed by atoms with Crippen molar-refractivity contribution in [2.24, 2.45) is 5.10 Å². The molecular formula is C19H22N2O5. The lowest BCUT2D eigenvalue weighted by atomic mass is 9.98. The molecule has 138 valence electrons. The van der Waals surface area contributed by atoms with Gasteiger partial charge in [0.25, 0.3) is 0 Å². The van der Waals surface area contributed by atoms with Gasteiger partial charge in [-0.1, -0.05) is 6.07 Å². The number of ether oxygens (including phenoxy) is 4. The lowest BCUT2D eigenvalue weighted by molar-refractivity contribution is 0.324.